The van der Waals surface area contributed by atoms with Crippen LogP contribution in [0.15, 0.2) is 0 Å². The number of aliphatic hydroxyl groups is 3. The quantitative estimate of drug-likeness (QED) is 0.528. The molecule has 0 radical (unpaired) electrons. The largest absolute Gasteiger partial charge is 0.396 e. The molecule has 0 saturated carbocycles. The molecule has 14 heavy (non-hydrogen) atoms. The van der Waals surface area contributed by atoms with Crippen LogP contribution in [0.4, 0.5) is 0 Å². The summed E-state index contributed by atoms with van der Waals surface area (Å²) in [5.74, 6) is 0.568. The minimum atomic E-state index is 0.142. The van der Waals surface area contributed by atoms with E-state index in [2.05, 4.69) is 6.92 Å². The van der Waals surface area contributed by atoms with Crippen molar-refractivity contribution in [1.29, 1.82) is 0 Å². The van der Waals surface area contributed by atoms with Crippen molar-refractivity contribution in [2.45, 2.75) is 39.0 Å². The smallest absolute Gasteiger partial charge is 0.0460 e. The number of hydrogen-bond acceptors (Lipinski definition) is 3. The molecule has 0 amide bonds. The Kier molecular flexibility index (Phi) is 9.35. The zero-order chi connectivity index (χ0) is 10.8. The van der Waals surface area contributed by atoms with Crippen LogP contribution in [0.25, 0.3) is 0 Å². The highest BCUT2D eigenvalue weighted by Gasteiger charge is 2.11. The van der Waals surface area contributed by atoms with Gasteiger partial charge >= 0.3 is 0 Å². The van der Waals surface area contributed by atoms with E-state index in [9.17, 15) is 0 Å². The third-order valence-electron chi connectivity index (χ3n) is 2.73. The summed E-state index contributed by atoms with van der Waals surface area (Å²) in [6.45, 7) is 2.64. The Morgan fingerprint density at radius 2 is 1.29 bits per heavy atom. The van der Waals surface area contributed by atoms with Gasteiger partial charge in [0.2, 0.25) is 0 Å². The third-order valence-corrected chi connectivity index (χ3v) is 2.73. The summed E-state index contributed by atoms with van der Waals surface area (Å²) in [4.78, 5) is 0. The molecule has 0 spiro atoms. The highest BCUT2D eigenvalue weighted by molar-refractivity contribution is 4.63. The van der Waals surface area contributed by atoms with Crippen molar-refractivity contribution in [2.24, 2.45) is 11.8 Å². The number of aliphatic hydroxyl groups excluding tert-OH is 3. The van der Waals surface area contributed by atoms with Gasteiger partial charge in [0.25, 0.3) is 0 Å². The standard InChI is InChI=1S/C11H24O3/c1-2-3-10(8-13)4-5-11(9-14)6-7-12/h10-14H,2-9H2,1H3. The van der Waals surface area contributed by atoms with Crippen LogP contribution in [-0.2, 0) is 0 Å². The van der Waals surface area contributed by atoms with Gasteiger partial charge in [0.1, 0.15) is 0 Å². The molecule has 0 fully saturated rings. The van der Waals surface area contributed by atoms with Crippen molar-refractivity contribution in [2.75, 3.05) is 19.8 Å². The summed E-state index contributed by atoms with van der Waals surface area (Å²) in [5.41, 5.74) is 0. The minimum Gasteiger partial charge on any atom is -0.396 e. The maximum absolute atomic E-state index is 9.06. The van der Waals surface area contributed by atoms with Crippen LogP contribution in [0.1, 0.15) is 39.0 Å². The molecule has 3 nitrogen and oxygen atoms in total. The Bertz CT molecular complexity index is 103. The molecule has 0 aliphatic carbocycles. The van der Waals surface area contributed by atoms with Gasteiger partial charge in [-0.1, -0.05) is 13.3 Å². The molecule has 0 aliphatic rings. The first-order chi connectivity index (χ1) is 6.78. The molecule has 3 N–H and O–H groups in total. The lowest BCUT2D eigenvalue weighted by atomic mass is 9.92. The van der Waals surface area contributed by atoms with Crippen molar-refractivity contribution >= 4 is 0 Å². The second-order valence-electron chi connectivity index (χ2n) is 3.98. The van der Waals surface area contributed by atoms with Gasteiger partial charge in [-0.3, -0.25) is 0 Å². The number of hydrogen-bond donors (Lipinski definition) is 3. The fraction of sp³-hybridized carbons (Fsp3) is 1.00. The Labute approximate surface area is 86.8 Å². The van der Waals surface area contributed by atoms with E-state index < -0.39 is 0 Å². The van der Waals surface area contributed by atoms with E-state index in [-0.39, 0.29) is 25.7 Å². The molecule has 86 valence electrons. The average Bonchev–Trinajstić information content (AvgIpc) is 2.22. The lowest BCUT2D eigenvalue weighted by Gasteiger charge is -2.17. The van der Waals surface area contributed by atoms with Gasteiger partial charge in [0, 0.05) is 19.8 Å². The Balaban J connectivity index is 3.63. The molecule has 2 atom stereocenters. The van der Waals surface area contributed by atoms with Gasteiger partial charge in [-0.05, 0) is 37.5 Å². The molecule has 3 heteroatoms. The SMILES string of the molecule is CCCC(CO)CCC(CO)CCO. The summed E-state index contributed by atoms with van der Waals surface area (Å²) in [6, 6.07) is 0. The Hall–Kier alpha value is -0.120. The monoisotopic (exact) mass is 204 g/mol. The topological polar surface area (TPSA) is 60.7 Å². The van der Waals surface area contributed by atoms with E-state index in [1.807, 2.05) is 0 Å². The Morgan fingerprint density at radius 3 is 1.64 bits per heavy atom. The summed E-state index contributed by atoms with van der Waals surface area (Å²) in [7, 11) is 0. The first kappa shape index (κ1) is 13.9. The van der Waals surface area contributed by atoms with Crippen LogP contribution in [0.5, 0.6) is 0 Å². The van der Waals surface area contributed by atoms with E-state index in [1.54, 1.807) is 0 Å². The van der Waals surface area contributed by atoms with Gasteiger partial charge in [0.05, 0.1) is 0 Å². The maximum Gasteiger partial charge on any atom is 0.0460 e. The Morgan fingerprint density at radius 1 is 0.786 bits per heavy atom. The minimum absolute atomic E-state index is 0.142. The van der Waals surface area contributed by atoms with Crippen molar-refractivity contribution in [3.8, 4) is 0 Å². The van der Waals surface area contributed by atoms with E-state index in [0.717, 1.165) is 25.7 Å². The van der Waals surface area contributed by atoms with E-state index in [4.69, 9.17) is 15.3 Å². The summed E-state index contributed by atoms with van der Waals surface area (Å²) in [5, 5.41) is 26.8. The fourth-order valence-electron chi connectivity index (χ4n) is 1.72. The number of rotatable bonds is 9. The van der Waals surface area contributed by atoms with Gasteiger partial charge in [0.15, 0.2) is 0 Å². The van der Waals surface area contributed by atoms with E-state index >= 15 is 0 Å². The summed E-state index contributed by atoms with van der Waals surface area (Å²) < 4.78 is 0. The van der Waals surface area contributed by atoms with Gasteiger partial charge in [-0.15, -0.1) is 0 Å². The second-order valence-corrected chi connectivity index (χ2v) is 3.98. The molecule has 0 aromatic carbocycles. The molecule has 0 bridgehead atoms. The molecule has 0 aliphatic heterocycles. The molecule has 0 saturated heterocycles. The van der Waals surface area contributed by atoms with Gasteiger partial charge < -0.3 is 15.3 Å². The maximum atomic E-state index is 9.06. The lowest BCUT2D eigenvalue weighted by molar-refractivity contribution is 0.155. The van der Waals surface area contributed by atoms with Crippen LogP contribution in [0.2, 0.25) is 0 Å². The normalized spacial score (nSPS) is 15.4. The molecule has 0 aromatic rings. The van der Waals surface area contributed by atoms with Gasteiger partial charge in [-0.2, -0.15) is 0 Å². The van der Waals surface area contributed by atoms with Crippen LogP contribution >= 0.6 is 0 Å². The van der Waals surface area contributed by atoms with Crippen molar-refractivity contribution in [3.05, 3.63) is 0 Å². The highest BCUT2D eigenvalue weighted by Crippen LogP contribution is 2.18. The van der Waals surface area contributed by atoms with E-state index in [0.29, 0.717) is 12.3 Å². The third kappa shape index (κ3) is 6.35. The van der Waals surface area contributed by atoms with Crippen LogP contribution in [0.3, 0.4) is 0 Å². The highest BCUT2D eigenvalue weighted by atomic mass is 16.3. The molecule has 0 aromatic heterocycles. The lowest BCUT2D eigenvalue weighted by Crippen LogP contribution is -2.13. The fourth-order valence-corrected chi connectivity index (χ4v) is 1.72. The van der Waals surface area contributed by atoms with Crippen molar-refractivity contribution < 1.29 is 15.3 Å². The molecule has 2 unspecified atom stereocenters. The van der Waals surface area contributed by atoms with Crippen LogP contribution in [-0.4, -0.2) is 35.1 Å². The molecule has 0 rings (SSSR count). The van der Waals surface area contributed by atoms with Crippen molar-refractivity contribution in [3.63, 3.8) is 0 Å². The molecular formula is C11H24O3. The van der Waals surface area contributed by atoms with Crippen LogP contribution < -0.4 is 0 Å². The van der Waals surface area contributed by atoms with Crippen molar-refractivity contribution in [1.82, 2.24) is 0 Å². The summed E-state index contributed by atoms with van der Waals surface area (Å²) in [6.07, 6.45) is 4.67. The second kappa shape index (κ2) is 9.44. The predicted octanol–water partition coefficient (Wildman–Crippen LogP) is 1.17. The predicted molar refractivity (Wildman–Crippen MR) is 57.0 cm³/mol. The average molecular weight is 204 g/mol. The van der Waals surface area contributed by atoms with Crippen LogP contribution in [0, 0.1) is 11.8 Å². The summed E-state index contributed by atoms with van der Waals surface area (Å²) >= 11 is 0. The zero-order valence-corrected chi connectivity index (χ0v) is 9.15. The van der Waals surface area contributed by atoms with Gasteiger partial charge in [-0.25, -0.2) is 0 Å². The first-order valence-electron chi connectivity index (χ1n) is 5.61. The first-order valence-corrected chi connectivity index (χ1v) is 5.61. The zero-order valence-electron chi connectivity index (χ0n) is 9.15. The van der Waals surface area contributed by atoms with E-state index in [1.165, 1.54) is 0 Å². The molecular weight excluding hydrogens is 180 g/mol. The molecule has 0 heterocycles.